The molecule has 0 aliphatic heterocycles. The van der Waals surface area contributed by atoms with Crippen LogP contribution in [-0.4, -0.2) is 5.11 Å². The van der Waals surface area contributed by atoms with Gasteiger partial charge in [0.1, 0.15) is 0 Å². The van der Waals surface area contributed by atoms with E-state index in [2.05, 4.69) is 0 Å². The molecule has 0 saturated heterocycles. The molecule has 0 radical (unpaired) electrons. The summed E-state index contributed by atoms with van der Waals surface area (Å²) in [6.45, 7) is 0. The summed E-state index contributed by atoms with van der Waals surface area (Å²) in [7, 11) is 0. The SMILES string of the molecule is OC(CC1CCCCC1)c1ccc(-c2ccccc2C(F)(F)F)cc1. The fourth-order valence-electron chi connectivity index (χ4n) is 3.74. The molecule has 2 aromatic rings. The Labute approximate surface area is 146 Å². The van der Waals surface area contributed by atoms with Gasteiger partial charge in [0, 0.05) is 0 Å². The van der Waals surface area contributed by atoms with Crippen LogP contribution in [0.25, 0.3) is 11.1 Å². The van der Waals surface area contributed by atoms with Gasteiger partial charge in [-0.25, -0.2) is 0 Å². The van der Waals surface area contributed by atoms with E-state index in [1.807, 2.05) is 0 Å². The first-order valence-electron chi connectivity index (χ1n) is 8.90. The van der Waals surface area contributed by atoms with Gasteiger partial charge in [-0.2, -0.15) is 13.2 Å². The van der Waals surface area contributed by atoms with Gasteiger partial charge in [0.25, 0.3) is 0 Å². The Morgan fingerprint density at radius 3 is 2.20 bits per heavy atom. The maximum absolute atomic E-state index is 13.2. The molecule has 1 aliphatic carbocycles. The second-order valence-electron chi connectivity index (χ2n) is 6.92. The van der Waals surface area contributed by atoms with Crippen LogP contribution in [0, 0.1) is 5.92 Å². The highest BCUT2D eigenvalue weighted by atomic mass is 19.4. The molecule has 25 heavy (non-hydrogen) atoms. The van der Waals surface area contributed by atoms with Crippen LogP contribution in [0.3, 0.4) is 0 Å². The minimum Gasteiger partial charge on any atom is -0.388 e. The molecule has 1 unspecified atom stereocenters. The van der Waals surface area contributed by atoms with E-state index >= 15 is 0 Å². The third kappa shape index (κ3) is 4.43. The molecule has 2 aromatic carbocycles. The van der Waals surface area contributed by atoms with Crippen molar-refractivity contribution in [3.8, 4) is 11.1 Å². The quantitative estimate of drug-likeness (QED) is 0.680. The molecule has 0 amide bonds. The number of hydrogen-bond acceptors (Lipinski definition) is 1. The van der Waals surface area contributed by atoms with Gasteiger partial charge < -0.3 is 5.11 Å². The molecular weight excluding hydrogens is 325 g/mol. The van der Waals surface area contributed by atoms with E-state index < -0.39 is 17.8 Å². The predicted molar refractivity (Wildman–Crippen MR) is 93.0 cm³/mol. The summed E-state index contributed by atoms with van der Waals surface area (Å²) < 4.78 is 39.5. The molecule has 0 spiro atoms. The van der Waals surface area contributed by atoms with Gasteiger partial charge in [-0.3, -0.25) is 0 Å². The van der Waals surface area contributed by atoms with Crippen molar-refractivity contribution in [2.45, 2.75) is 50.8 Å². The Morgan fingerprint density at radius 2 is 1.56 bits per heavy atom. The van der Waals surface area contributed by atoms with E-state index in [0.717, 1.165) is 30.9 Å². The first-order valence-corrected chi connectivity index (χ1v) is 8.90. The Morgan fingerprint density at radius 1 is 0.920 bits per heavy atom. The zero-order valence-electron chi connectivity index (χ0n) is 14.1. The summed E-state index contributed by atoms with van der Waals surface area (Å²) in [5, 5.41) is 10.4. The maximum atomic E-state index is 13.2. The number of halogens is 3. The second kappa shape index (κ2) is 7.61. The average Bonchev–Trinajstić information content (AvgIpc) is 2.62. The topological polar surface area (TPSA) is 20.2 Å². The van der Waals surface area contributed by atoms with E-state index in [-0.39, 0.29) is 5.56 Å². The van der Waals surface area contributed by atoms with Crippen LogP contribution in [-0.2, 0) is 6.18 Å². The van der Waals surface area contributed by atoms with Crippen molar-refractivity contribution >= 4 is 0 Å². The van der Waals surface area contributed by atoms with E-state index in [1.54, 1.807) is 30.3 Å². The van der Waals surface area contributed by atoms with Crippen molar-refractivity contribution in [2.24, 2.45) is 5.92 Å². The monoisotopic (exact) mass is 348 g/mol. The maximum Gasteiger partial charge on any atom is 0.417 e. The molecule has 1 fully saturated rings. The third-order valence-corrected chi connectivity index (χ3v) is 5.12. The van der Waals surface area contributed by atoms with Crippen molar-refractivity contribution in [1.82, 2.24) is 0 Å². The zero-order chi connectivity index (χ0) is 17.9. The number of alkyl halides is 3. The Hall–Kier alpha value is -1.81. The molecule has 1 saturated carbocycles. The van der Waals surface area contributed by atoms with Crippen LogP contribution < -0.4 is 0 Å². The normalized spacial score (nSPS) is 17.4. The van der Waals surface area contributed by atoms with Gasteiger partial charge in [-0.15, -0.1) is 0 Å². The molecule has 1 nitrogen and oxygen atoms in total. The van der Waals surface area contributed by atoms with Gasteiger partial charge in [-0.05, 0) is 35.1 Å². The van der Waals surface area contributed by atoms with E-state index in [0.29, 0.717) is 11.5 Å². The Balaban J connectivity index is 1.76. The average molecular weight is 348 g/mol. The molecule has 0 bridgehead atoms. The van der Waals surface area contributed by atoms with Crippen LogP contribution in [0.1, 0.15) is 55.8 Å². The van der Waals surface area contributed by atoms with Gasteiger partial charge in [0.2, 0.25) is 0 Å². The fraction of sp³-hybridized carbons (Fsp3) is 0.429. The van der Waals surface area contributed by atoms with Crippen LogP contribution in [0.2, 0.25) is 0 Å². The smallest absolute Gasteiger partial charge is 0.388 e. The largest absolute Gasteiger partial charge is 0.417 e. The lowest BCUT2D eigenvalue weighted by atomic mass is 9.84. The van der Waals surface area contributed by atoms with Crippen LogP contribution in [0.15, 0.2) is 48.5 Å². The van der Waals surface area contributed by atoms with E-state index in [4.69, 9.17) is 0 Å². The summed E-state index contributed by atoms with van der Waals surface area (Å²) in [6, 6.07) is 12.4. The van der Waals surface area contributed by atoms with Crippen molar-refractivity contribution in [3.63, 3.8) is 0 Å². The first kappa shape index (κ1) is 18.0. The fourth-order valence-corrected chi connectivity index (χ4v) is 3.74. The molecule has 134 valence electrons. The van der Waals surface area contributed by atoms with E-state index in [9.17, 15) is 18.3 Å². The molecule has 4 heteroatoms. The summed E-state index contributed by atoms with van der Waals surface area (Å²) in [5.74, 6) is 0.550. The number of hydrogen-bond donors (Lipinski definition) is 1. The summed E-state index contributed by atoms with van der Waals surface area (Å²) in [4.78, 5) is 0. The predicted octanol–water partition coefficient (Wildman–Crippen LogP) is 6.38. The van der Waals surface area contributed by atoms with Gasteiger partial charge in [0.05, 0.1) is 11.7 Å². The van der Waals surface area contributed by atoms with Gasteiger partial charge in [0.15, 0.2) is 0 Å². The third-order valence-electron chi connectivity index (χ3n) is 5.12. The van der Waals surface area contributed by atoms with Crippen molar-refractivity contribution in [3.05, 3.63) is 59.7 Å². The lowest BCUT2D eigenvalue weighted by molar-refractivity contribution is -0.137. The molecule has 0 aromatic heterocycles. The van der Waals surface area contributed by atoms with E-state index in [1.165, 1.54) is 31.4 Å². The Kier molecular flexibility index (Phi) is 5.48. The van der Waals surface area contributed by atoms with Crippen molar-refractivity contribution in [1.29, 1.82) is 0 Å². The summed E-state index contributed by atoms with van der Waals surface area (Å²) in [5.41, 5.74) is 0.828. The van der Waals surface area contributed by atoms with Crippen LogP contribution in [0.5, 0.6) is 0 Å². The second-order valence-corrected chi connectivity index (χ2v) is 6.92. The highest BCUT2D eigenvalue weighted by Crippen LogP contribution is 2.37. The minimum absolute atomic E-state index is 0.170. The van der Waals surface area contributed by atoms with Gasteiger partial charge >= 0.3 is 6.18 Å². The number of rotatable bonds is 4. The van der Waals surface area contributed by atoms with Crippen LogP contribution in [0.4, 0.5) is 13.2 Å². The molecule has 1 aliphatic rings. The number of aliphatic hydroxyl groups is 1. The molecule has 1 N–H and O–H groups in total. The first-order chi connectivity index (χ1) is 11.9. The summed E-state index contributed by atoms with van der Waals surface area (Å²) >= 11 is 0. The van der Waals surface area contributed by atoms with Crippen LogP contribution >= 0.6 is 0 Å². The number of aliphatic hydroxyl groups excluding tert-OH is 1. The highest BCUT2D eigenvalue weighted by molar-refractivity contribution is 5.68. The van der Waals surface area contributed by atoms with Crippen molar-refractivity contribution < 1.29 is 18.3 Å². The molecule has 1 atom stereocenters. The van der Waals surface area contributed by atoms with Crippen molar-refractivity contribution in [2.75, 3.05) is 0 Å². The highest BCUT2D eigenvalue weighted by Gasteiger charge is 2.33. The lowest BCUT2D eigenvalue weighted by Gasteiger charge is -2.24. The molecule has 0 heterocycles. The molecule has 3 rings (SSSR count). The lowest BCUT2D eigenvalue weighted by Crippen LogP contribution is -2.11. The van der Waals surface area contributed by atoms with Gasteiger partial charge in [-0.1, -0.05) is 74.6 Å². The molecular formula is C21H23F3O. The minimum atomic E-state index is -4.38. The standard InChI is InChI=1S/C21H23F3O/c22-21(23,24)19-9-5-4-8-18(19)16-10-12-17(13-11-16)20(25)14-15-6-2-1-3-7-15/h4-5,8-13,15,20,25H,1-3,6-7,14H2. The summed E-state index contributed by atoms with van der Waals surface area (Å²) in [6.07, 6.45) is 1.86. The number of benzene rings is 2. The Bertz CT molecular complexity index is 685. The zero-order valence-corrected chi connectivity index (χ0v) is 14.1.